The number of hydrogen-bond acceptors (Lipinski definition) is 4. The number of nitrogens with one attached hydrogen (secondary N) is 2. The van der Waals surface area contributed by atoms with Gasteiger partial charge in [-0.15, -0.1) is 0 Å². The molecule has 0 atom stereocenters. The molecular weight excluding hydrogens is 347 g/mol. The number of carbonyl (C=O) groups excluding carboxylic acids is 1. The Labute approximate surface area is 133 Å². The lowest BCUT2D eigenvalue weighted by Crippen LogP contribution is -2.41. The van der Waals surface area contributed by atoms with E-state index in [9.17, 15) is 26.7 Å². The highest BCUT2D eigenvalue weighted by Gasteiger charge is 2.31. The summed E-state index contributed by atoms with van der Waals surface area (Å²) in [5.41, 5.74) is 3.81. The summed E-state index contributed by atoms with van der Waals surface area (Å²) in [7, 11) is 0. The van der Waals surface area contributed by atoms with E-state index in [-0.39, 0.29) is 23.8 Å². The van der Waals surface area contributed by atoms with Gasteiger partial charge in [0.25, 0.3) is 5.92 Å². The van der Waals surface area contributed by atoms with E-state index in [2.05, 4.69) is 10.3 Å². The van der Waals surface area contributed by atoms with Crippen LogP contribution in [0.2, 0.25) is 5.02 Å². The number of carbonyl (C=O) groups is 1. The lowest BCUT2D eigenvalue weighted by Gasteiger charge is -2.14. The highest BCUT2D eigenvalue weighted by Crippen LogP contribution is 2.32. The Hall–Kier alpha value is -1.68. The fourth-order valence-corrected chi connectivity index (χ4v) is 1.64. The van der Waals surface area contributed by atoms with Crippen LogP contribution < -0.4 is 16.4 Å². The van der Waals surface area contributed by atoms with Gasteiger partial charge in [0, 0.05) is 19.2 Å². The van der Waals surface area contributed by atoms with Crippen LogP contribution in [0.4, 0.5) is 27.8 Å². The summed E-state index contributed by atoms with van der Waals surface area (Å²) in [5.74, 6) is -3.91. The summed E-state index contributed by atoms with van der Waals surface area (Å²) in [6.07, 6.45) is -4.17. The minimum absolute atomic E-state index is 0.0419. The average molecular weight is 361 g/mol. The molecule has 0 bridgehead atoms. The molecular formula is C12H14ClF5N4O. The summed E-state index contributed by atoms with van der Waals surface area (Å²) < 4.78 is 62.9. The van der Waals surface area contributed by atoms with Crippen molar-refractivity contribution in [2.75, 3.05) is 25.0 Å². The molecule has 0 aliphatic rings. The van der Waals surface area contributed by atoms with E-state index in [0.29, 0.717) is 12.3 Å². The Balaban J connectivity index is 2.46. The van der Waals surface area contributed by atoms with E-state index < -0.39 is 36.7 Å². The predicted molar refractivity (Wildman–Crippen MR) is 74.4 cm³/mol. The first-order valence-electron chi connectivity index (χ1n) is 6.36. The van der Waals surface area contributed by atoms with Gasteiger partial charge < -0.3 is 16.4 Å². The standard InChI is InChI=1S/C12H14ClF5N4O/c13-8-3-7(12(16,17)18)4-21-10(8)20-2-1-9(23)22-6-11(14,15)5-19/h3-4H,1-2,5-6,19H2,(H,20,21)(H,22,23). The van der Waals surface area contributed by atoms with Crippen molar-refractivity contribution in [3.8, 4) is 0 Å². The number of rotatable bonds is 7. The molecule has 4 N–H and O–H groups in total. The lowest BCUT2D eigenvalue weighted by molar-refractivity contribution is -0.137. The second kappa shape index (κ2) is 7.73. The molecule has 0 aliphatic carbocycles. The average Bonchev–Trinajstić information content (AvgIpc) is 2.46. The molecule has 1 amide bonds. The van der Waals surface area contributed by atoms with Crippen molar-refractivity contribution in [2.24, 2.45) is 5.73 Å². The van der Waals surface area contributed by atoms with Crippen molar-refractivity contribution in [1.82, 2.24) is 10.3 Å². The molecule has 0 aliphatic heterocycles. The molecule has 1 aromatic heterocycles. The van der Waals surface area contributed by atoms with Crippen LogP contribution in [-0.2, 0) is 11.0 Å². The normalized spacial score (nSPS) is 12.1. The Morgan fingerprint density at radius 2 is 1.96 bits per heavy atom. The van der Waals surface area contributed by atoms with Crippen LogP contribution in [0.25, 0.3) is 0 Å². The molecule has 130 valence electrons. The van der Waals surface area contributed by atoms with Crippen LogP contribution in [0.15, 0.2) is 12.3 Å². The molecule has 1 rings (SSSR count). The first-order valence-corrected chi connectivity index (χ1v) is 6.74. The van der Waals surface area contributed by atoms with E-state index in [1.165, 1.54) is 0 Å². The molecule has 5 nitrogen and oxygen atoms in total. The van der Waals surface area contributed by atoms with E-state index in [1.54, 1.807) is 0 Å². The fraction of sp³-hybridized carbons (Fsp3) is 0.500. The molecule has 0 fully saturated rings. The van der Waals surface area contributed by atoms with Gasteiger partial charge in [0.05, 0.1) is 23.7 Å². The zero-order valence-corrected chi connectivity index (χ0v) is 12.4. The number of halogens is 6. The Morgan fingerprint density at radius 3 is 2.48 bits per heavy atom. The van der Waals surface area contributed by atoms with E-state index in [4.69, 9.17) is 17.3 Å². The number of hydrogen-bond donors (Lipinski definition) is 3. The summed E-state index contributed by atoms with van der Waals surface area (Å²) >= 11 is 5.65. The molecule has 0 aromatic carbocycles. The van der Waals surface area contributed by atoms with Crippen LogP contribution in [0.5, 0.6) is 0 Å². The van der Waals surface area contributed by atoms with Crippen molar-refractivity contribution in [3.63, 3.8) is 0 Å². The first kappa shape index (κ1) is 19.4. The molecule has 0 saturated carbocycles. The predicted octanol–water partition coefficient (Wildman–Crippen LogP) is 2.27. The smallest absolute Gasteiger partial charge is 0.368 e. The number of nitrogens with zero attached hydrogens (tertiary/aromatic N) is 1. The van der Waals surface area contributed by atoms with E-state index in [1.807, 2.05) is 5.32 Å². The Kier molecular flexibility index (Phi) is 6.51. The van der Waals surface area contributed by atoms with Crippen LogP contribution in [0.1, 0.15) is 12.0 Å². The first-order chi connectivity index (χ1) is 10.5. The minimum Gasteiger partial charge on any atom is -0.368 e. The maximum Gasteiger partial charge on any atom is 0.417 e. The van der Waals surface area contributed by atoms with Crippen molar-refractivity contribution in [1.29, 1.82) is 0 Å². The van der Waals surface area contributed by atoms with Crippen molar-refractivity contribution in [3.05, 3.63) is 22.8 Å². The third-order valence-corrected chi connectivity index (χ3v) is 2.94. The van der Waals surface area contributed by atoms with Gasteiger partial charge in [-0.2, -0.15) is 13.2 Å². The van der Waals surface area contributed by atoms with Gasteiger partial charge >= 0.3 is 6.18 Å². The Bertz CT molecular complexity index is 553. The van der Waals surface area contributed by atoms with E-state index >= 15 is 0 Å². The molecule has 1 aromatic rings. The van der Waals surface area contributed by atoms with Crippen LogP contribution in [0, 0.1) is 0 Å². The summed E-state index contributed by atoms with van der Waals surface area (Å²) in [4.78, 5) is 14.8. The highest BCUT2D eigenvalue weighted by molar-refractivity contribution is 6.32. The minimum atomic E-state index is -4.57. The molecule has 1 heterocycles. The third kappa shape index (κ3) is 6.53. The van der Waals surface area contributed by atoms with Gasteiger partial charge in [-0.25, -0.2) is 13.8 Å². The molecule has 0 radical (unpaired) electrons. The monoisotopic (exact) mass is 360 g/mol. The summed E-state index contributed by atoms with van der Waals surface area (Å²) in [5, 5.41) is 4.27. The van der Waals surface area contributed by atoms with Crippen molar-refractivity contribution >= 4 is 23.3 Å². The maximum absolute atomic E-state index is 12.8. The maximum atomic E-state index is 12.8. The zero-order valence-electron chi connectivity index (χ0n) is 11.7. The molecule has 0 unspecified atom stereocenters. The van der Waals surface area contributed by atoms with E-state index in [0.717, 1.165) is 0 Å². The number of pyridine rings is 1. The van der Waals surface area contributed by atoms with Gasteiger partial charge in [-0.3, -0.25) is 4.79 Å². The lowest BCUT2D eigenvalue weighted by atomic mass is 10.2. The van der Waals surface area contributed by atoms with Crippen molar-refractivity contribution in [2.45, 2.75) is 18.5 Å². The Morgan fingerprint density at radius 1 is 1.30 bits per heavy atom. The van der Waals surface area contributed by atoms with Gasteiger partial charge in [-0.05, 0) is 6.07 Å². The summed E-state index contributed by atoms with van der Waals surface area (Å²) in [6, 6.07) is 0.693. The number of aromatic nitrogens is 1. The quantitative estimate of drug-likeness (QED) is 0.652. The molecule has 23 heavy (non-hydrogen) atoms. The van der Waals surface area contributed by atoms with Crippen LogP contribution >= 0.6 is 11.6 Å². The SMILES string of the molecule is NCC(F)(F)CNC(=O)CCNc1ncc(C(F)(F)F)cc1Cl. The van der Waals surface area contributed by atoms with Gasteiger partial charge in [0.15, 0.2) is 0 Å². The van der Waals surface area contributed by atoms with Crippen LogP contribution in [0.3, 0.4) is 0 Å². The third-order valence-electron chi connectivity index (χ3n) is 2.66. The largest absolute Gasteiger partial charge is 0.417 e. The van der Waals surface area contributed by atoms with Gasteiger partial charge in [0.2, 0.25) is 5.91 Å². The second-order valence-corrected chi connectivity index (χ2v) is 4.97. The molecule has 11 heteroatoms. The van der Waals surface area contributed by atoms with Gasteiger partial charge in [0.1, 0.15) is 5.82 Å². The van der Waals surface area contributed by atoms with Gasteiger partial charge in [-0.1, -0.05) is 11.6 Å². The molecule has 0 spiro atoms. The second-order valence-electron chi connectivity index (χ2n) is 4.57. The van der Waals surface area contributed by atoms with Crippen molar-refractivity contribution < 1.29 is 26.7 Å². The number of amides is 1. The van der Waals surface area contributed by atoms with Crippen LogP contribution in [-0.4, -0.2) is 36.4 Å². The molecule has 0 saturated heterocycles. The number of nitrogens with two attached hydrogens (primary N) is 1. The number of anilines is 1. The fourth-order valence-electron chi connectivity index (χ4n) is 1.41. The summed E-state index contributed by atoms with van der Waals surface area (Å²) in [6.45, 7) is -1.82. The number of alkyl halides is 5. The topological polar surface area (TPSA) is 80.0 Å². The highest BCUT2D eigenvalue weighted by atomic mass is 35.5. The zero-order chi connectivity index (χ0) is 17.7.